The van der Waals surface area contributed by atoms with Gasteiger partial charge in [-0.3, -0.25) is 9.69 Å². The van der Waals surface area contributed by atoms with Gasteiger partial charge in [0.25, 0.3) is 0 Å². The van der Waals surface area contributed by atoms with Crippen molar-refractivity contribution in [3.8, 4) is 11.5 Å². The monoisotopic (exact) mass is 549 g/mol. The summed E-state index contributed by atoms with van der Waals surface area (Å²) in [6, 6.07) is 19.1. The summed E-state index contributed by atoms with van der Waals surface area (Å²) in [5, 5.41) is 0. The zero-order chi connectivity index (χ0) is 27.6. The number of carbonyl (C=O) groups excluding carboxylic acids is 1. The summed E-state index contributed by atoms with van der Waals surface area (Å²) < 4.78 is 40.2. The molecule has 0 unspecified atom stereocenters. The fraction of sp³-hybridized carbons (Fsp3) is 0.367. The van der Waals surface area contributed by atoms with Gasteiger partial charge in [0.05, 0.1) is 11.4 Å². The molecule has 3 aromatic rings. The molecule has 2 heterocycles. The lowest BCUT2D eigenvalue weighted by atomic mass is 10.1. The zero-order valence-electron chi connectivity index (χ0n) is 22.7. The van der Waals surface area contributed by atoms with Crippen LogP contribution in [-0.4, -0.2) is 67.9 Å². The third kappa shape index (κ3) is 6.11. The normalized spacial score (nSPS) is 15.6. The molecule has 2 aliphatic heterocycles. The van der Waals surface area contributed by atoms with E-state index in [1.807, 2.05) is 81.4 Å². The van der Waals surface area contributed by atoms with Crippen molar-refractivity contribution in [2.24, 2.45) is 0 Å². The Kier molecular flexibility index (Phi) is 7.93. The van der Waals surface area contributed by atoms with Crippen LogP contribution in [0, 0.1) is 20.8 Å². The van der Waals surface area contributed by atoms with Gasteiger partial charge in [-0.25, -0.2) is 8.42 Å². The van der Waals surface area contributed by atoms with E-state index in [0.29, 0.717) is 37.3 Å². The van der Waals surface area contributed by atoms with Crippen LogP contribution in [0.2, 0.25) is 0 Å². The maximum Gasteiger partial charge on any atom is 0.244 e. The maximum atomic E-state index is 14.0. The van der Waals surface area contributed by atoms with Crippen molar-refractivity contribution >= 4 is 15.9 Å². The van der Waals surface area contributed by atoms with E-state index in [9.17, 15) is 13.2 Å². The van der Waals surface area contributed by atoms with Crippen molar-refractivity contribution in [2.45, 2.75) is 38.8 Å². The molecule has 9 heteroatoms. The smallest absolute Gasteiger partial charge is 0.244 e. The fourth-order valence-electron chi connectivity index (χ4n) is 5.42. The third-order valence-electron chi connectivity index (χ3n) is 7.28. The second-order valence-electron chi connectivity index (χ2n) is 10.3. The van der Waals surface area contributed by atoms with E-state index in [4.69, 9.17) is 9.47 Å². The van der Waals surface area contributed by atoms with Crippen molar-refractivity contribution < 1.29 is 22.7 Å². The predicted molar refractivity (Wildman–Crippen MR) is 149 cm³/mol. The molecule has 0 saturated carbocycles. The van der Waals surface area contributed by atoms with E-state index < -0.39 is 10.0 Å². The summed E-state index contributed by atoms with van der Waals surface area (Å²) in [7, 11) is -3.91. The molecule has 0 bridgehead atoms. The van der Waals surface area contributed by atoms with E-state index in [2.05, 4.69) is 4.90 Å². The van der Waals surface area contributed by atoms with Crippen LogP contribution >= 0.6 is 0 Å². The first-order valence-corrected chi connectivity index (χ1v) is 14.7. The Morgan fingerprint density at radius 1 is 0.846 bits per heavy atom. The van der Waals surface area contributed by atoms with Crippen molar-refractivity contribution in [1.82, 2.24) is 14.1 Å². The topological polar surface area (TPSA) is 79.4 Å². The van der Waals surface area contributed by atoms with E-state index in [0.717, 1.165) is 34.7 Å². The lowest BCUT2D eigenvalue weighted by molar-refractivity contribution is -0.133. The third-order valence-corrected chi connectivity index (χ3v) is 9.38. The highest BCUT2D eigenvalue weighted by molar-refractivity contribution is 7.89. The standard InChI is InChI=1S/C30H35N3O5S/c1-22-15-23(2)30(24(3)16-22)39(35,36)33(19-25-7-5-4-6-8-25)20-29(34)32-13-11-31(12-14-32)18-26-9-10-27-28(17-26)38-21-37-27/h4-10,15-17H,11-14,18-21H2,1-3H3. The van der Waals surface area contributed by atoms with Gasteiger partial charge in [-0.15, -0.1) is 0 Å². The van der Waals surface area contributed by atoms with Gasteiger partial charge >= 0.3 is 0 Å². The Bertz CT molecular complexity index is 1430. The maximum absolute atomic E-state index is 14.0. The molecule has 3 aromatic carbocycles. The molecule has 2 aliphatic rings. The number of fused-ring (bicyclic) bond motifs is 1. The summed E-state index contributed by atoms with van der Waals surface area (Å²) in [6.45, 7) is 9.02. The average molecular weight is 550 g/mol. The average Bonchev–Trinajstić information content (AvgIpc) is 3.36. The highest BCUT2D eigenvalue weighted by atomic mass is 32.2. The molecule has 0 aromatic heterocycles. The molecule has 0 aliphatic carbocycles. The highest BCUT2D eigenvalue weighted by Gasteiger charge is 2.32. The molecule has 0 spiro atoms. The van der Waals surface area contributed by atoms with Crippen LogP contribution in [0.25, 0.3) is 0 Å². The molecule has 206 valence electrons. The van der Waals surface area contributed by atoms with E-state index >= 15 is 0 Å². The fourth-order valence-corrected chi connectivity index (χ4v) is 7.21. The summed E-state index contributed by atoms with van der Waals surface area (Å²) in [5.41, 5.74) is 4.35. The molecule has 39 heavy (non-hydrogen) atoms. The van der Waals surface area contributed by atoms with Gasteiger partial charge in [-0.1, -0.05) is 54.1 Å². The van der Waals surface area contributed by atoms with Crippen LogP contribution in [0.4, 0.5) is 0 Å². The van der Waals surface area contributed by atoms with Crippen molar-refractivity contribution in [2.75, 3.05) is 39.5 Å². The minimum absolute atomic E-state index is 0.131. The Balaban J connectivity index is 1.28. The number of hydrogen-bond acceptors (Lipinski definition) is 6. The summed E-state index contributed by atoms with van der Waals surface area (Å²) in [6.07, 6.45) is 0. The highest BCUT2D eigenvalue weighted by Crippen LogP contribution is 2.33. The minimum Gasteiger partial charge on any atom is -0.454 e. The van der Waals surface area contributed by atoms with Crippen molar-refractivity contribution in [3.05, 3.63) is 88.5 Å². The molecule has 5 rings (SSSR count). The van der Waals surface area contributed by atoms with E-state index in [1.54, 1.807) is 4.90 Å². The second kappa shape index (κ2) is 11.4. The van der Waals surface area contributed by atoms with E-state index in [1.165, 1.54) is 4.31 Å². The number of benzene rings is 3. The van der Waals surface area contributed by atoms with Gasteiger partial charge in [-0.05, 0) is 55.2 Å². The number of piperazine rings is 1. The minimum atomic E-state index is -3.91. The van der Waals surface area contributed by atoms with Gasteiger partial charge in [0.2, 0.25) is 22.7 Å². The number of rotatable bonds is 8. The molecule has 0 radical (unpaired) electrons. The van der Waals surface area contributed by atoms with Gasteiger partial charge < -0.3 is 14.4 Å². The Morgan fingerprint density at radius 2 is 1.51 bits per heavy atom. The quantitative estimate of drug-likeness (QED) is 0.425. The van der Waals surface area contributed by atoms with E-state index in [-0.39, 0.29) is 30.7 Å². The summed E-state index contributed by atoms with van der Waals surface area (Å²) in [4.78, 5) is 17.8. The summed E-state index contributed by atoms with van der Waals surface area (Å²) >= 11 is 0. The number of sulfonamides is 1. The SMILES string of the molecule is Cc1cc(C)c(S(=O)(=O)N(CC(=O)N2CCN(Cc3ccc4c(c3)OCO4)CC2)Cc2ccccc2)c(C)c1. The Hall–Kier alpha value is -3.40. The zero-order valence-corrected chi connectivity index (χ0v) is 23.5. The molecular formula is C30H35N3O5S. The first-order valence-electron chi connectivity index (χ1n) is 13.2. The first-order chi connectivity index (χ1) is 18.7. The van der Waals surface area contributed by atoms with Gasteiger partial charge in [0.1, 0.15) is 0 Å². The van der Waals surface area contributed by atoms with Gasteiger partial charge in [0, 0.05) is 39.3 Å². The van der Waals surface area contributed by atoms with Crippen LogP contribution in [0.15, 0.2) is 65.6 Å². The number of nitrogens with zero attached hydrogens (tertiary/aromatic N) is 3. The van der Waals surface area contributed by atoms with Crippen LogP contribution in [0.1, 0.15) is 27.8 Å². The lowest BCUT2D eigenvalue weighted by Crippen LogP contribution is -2.51. The van der Waals surface area contributed by atoms with Crippen molar-refractivity contribution in [3.63, 3.8) is 0 Å². The Morgan fingerprint density at radius 3 is 2.21 bits per heavy atom. The number of aryl methyl sites for hydroxylation is 3. The Labute approximate surface area is 230 Å². The van der Waals surface area contributed by atoms with Crippen molar-refractivity contribution in [1.29, 1.82) is 0 Å². The molecule has 0 N–H and O–H groups in total. The number of carbonyl (C=O) groups is 1. The molecule has 8 nitrogen and oxygen atoms in total. The van der Waals surface area contributed by atoms with Crippen LogP contribution in [-0.2, 0) is 27.9 Å². The predicted octanol–water partition coefficient (Wildman–Crippen LogP) is 3.88. The largest absolute Gasteiger partial charge is 0.454 e. The number of amides is 1. The molecular weight excluding hydrogens is 514 g/mol. The van der Waals surface area contributed by atoms with Gasteiger partial charge in [0.15, 0.2) is 11.5 Å². The number of hydrogen-bond donors (Lipinski definition) is 0. The molecule has 1 fully saturated rings. The first kappa shape index (κ1) is 27.2. The molecule has 1 amide bonds. The van der Waals surface area contributed by atoms with Crippen LogP contribution in [0.3, 0.4) is 0 Å². The second-order valence-corrected chi connectivity index (χ2v) is 12.2. The lowest BCUT2D eigenvalue weighted by Gasteiger charge is -2.36. The van der Waals surface area contributed by atoms with Gasteiger partial charge in [-0.2, -0.15) is 4.31 Å². The van der Waals surface area contributed by atoms with Crippen LogP contribution in [0.5, 0.6) is 11.5 Å². The molecule has 0 atom stereocenters. The summed E-state index contributed by atoms with van der Waals surface area (Å²) in [5.74, 6) is 1.35. The number of ether oxygens (including phenoxy) is 2. The van der Waals surface area contributed by atoms with Crippen LogP contribution < -0.4 is 9.47 Å². The molecule has 1 saturated heterocycles.